The second-order valence-electron chi connectivity index (χ2n) is 3.56. The summed E-state index contributed by atoms with van der Waals surface area (Å²) in [5.74, 6) is 0. The molecule has 1 nitrogen and oxygen atoms in total. The van der Waals surface area contributed by atoms with Gasteiger partial charge in [-0.15, -0.1) is 6.61 Å². The van der Waals surface area contributed by atoms with Crippen molar-refractivity contribution in [3.63, 3.8) is 0 Å². The van der Waals surface area contributed by atoms with Gasteiger partial charge in [-0.3, -0.25) is 0 Å². The zero-order chi connectivity index (χ0) is 11.1. The van der Waals surface area contributed by atoms with Crippen molar-refractivity contribution in [2.45, 2.75) is 25.0 Å². The first kappa shape index (κ1) is 12.7. The first-order valence-electron chi connectivity index (χ1n) is 5.43. The van der Waals surface area contributed by atoms with Gasteiger partial charge in [0, 0.05) is 0 Å². The summed E-state index contributed by atoms with van der Waals surface area (Å²) in [6.07, 6.45) is 16.1. The molecule has 0 fully saturated rings. The van der Waals surface area contributed by atoms with E-state index in [1.165, 1.54) is 12.8 Å². The average Bonchev–Trinajstić information content (AvgIpc) is 2.92. The van der Waals surface area contributed by atoms with Crippen molar-refractivity contribution < 1.29 is 23.0 Å². The van der Waals surface area contributed by atoms with Gasteiger partial charge in [0.1, 0.15) is 0 Å². The van der Waals surface area contributed by atoms with Gasteiger partial charge < -0.3 is 5.11 Å². The molecule has 0 saturated heterocycles. The van der Waals surface area contributed by atoms with Crippen LogP contribution in [0.2, 0.25) is 5.23 Å². The molecule has 2 heteroatoms. The molecule has 0 atom stereocenters. The number of rotatable bonds is 2. The Bertz CT molecular complexity index is 280. The zero-order valence-corrected chi connectivity index (χ0v) is 11.1. The van der Waals surface area contributed by atoms with E-state index in [1.54, 1.807) is 14.7 Å². The van der Waals surface area contributed by atoms with Crippen LogP contribution in [-0.2, 0) is 17.9 Å². The minimum absolute atomic E-state index is 0. The summed E-state index contributed by atoms with van der Waals surface area (Å²) in [5, 5.41) is 11.4. The summed E-state index contributed by atoms with van der Waals surface area (Å²) in [5.41, 5.74) is 0. The molecule has 0 aliphatic heterocycles. The van der Waals surface area contributed by atoms with E-state index in [1.807, 2.05) is 0 Å². The molecule has 15 heavy (non-hydrogen) atoms. The molecule has 0 spiro atoms. The van der Waals surface area contributed by atoms with Gasteiger partial charge in [-0.1, -0.05) is 6.92 Å². The molecule has 2 rings (SSSR count). The third-order valence-electron chi connectivity index (χ3n) is 2.51. The Kier molecular flexibility index (Phi) is 5.93. The van der Waals surface area contributed by atoms with Gasteiger partial charge in [-0.25, -0.2) is 0 Å². The van der Waals surface area contributed by atoms with Gasteiger partial charge in [0.2, 0.25) is 0 Å². The van der Waals surface area contributed by atoms with Crippen LogP contribution in [0.5, 0.6) is 0 Å². The molecular weight excluding hydrogens is 220 g/mol. The molecule has 0 saturated carbocycles. The van der Waals surface area contributed by atoms with E-state index >= 15 is 0 Å². The molecule has 0 bridgehead atoms. The third kappa shape index (κ3) is 3.94. The molecule has 0 aromatic rings. The van der Waals surface area contributed by atoms with Gasteiger partial charge in [0.05, 0.1) is 0 Å². The quantitative estimate of drug-likeness (QED) is 0.678. The monoisotopic (exact) mass is 238 g/mol. The van der Waals surface area contributed by atoms with Crippen LogP contribution in [0.3, 0.4) is 0 Å². The summed E-state index contributed by atoms with van der Waals surface area (Å²) in [6, 6.07) is 0. The summed E-state index contributed by atoms with van der Waals surface area (Å²) in [4.78, 5) is 0. The second kappa shape index (κ2) is 7.00. The van der Waals surface area contributed by atoms with Crippen LogP contribution in [0.1, 0.15) is 19.8 Å². The van der Waals surface area contributed by atoms with Crippen LogP contribution < -0.4 is 5.11 Å². The molecule has 0 heterocycles. The molecular formula is C13H18OTi. The topological polar surface area (TPSA) is 23.1 Å². The van der Waals surface area contributed by atoms with Crippen molar-refractivity contribution in [1.82, 2.24) is 0 Å². The average molecular weight is 238 g/mol. The maximum atomic E-state index is 8.93. The van der Waals surface area contributed by atoms with Crippen molar-refractivity contribution in [1.29, 1.82) is 0 Å². The zero-order valence-electron chi connectivity index (χ0n) is 9.49. The molecule has 2 aliphatic rings. The van der Waals surface area contributed by atoms with Crippen LogP contribution >= 0.6 is 0 Å². The molecule has 0 aromatic heterocycles. The molecule has 0 unspecified atom stereocenters. The molecule has 0 amide bonds. The van der Waals surface area contributed by atoms with Crippen LogP contribution in [0.25, 0.3) is 0 Å². The van der Waals surface area contributed by atoms with Gasteiger partial charge >= 0.3 is 80.2 Å². The molecule has 0 N–H and O–H groups in total. The molecule has 0 aromatic carbocycles. The van der Waals surface area contributed by atoms with E-state index in [4.69, 9.17) is 5.11 Å². The summed E-state index contributed by atoms with van der Waals surface area (Å²) >= 11 is -0.981. The first-order valence-corrected chi connectivity index (χ1v) is 8.55. The Labute approximate surface area is 98.7 Å². The van der Waals surface area contributed by atoms with Crippen molar-refractivity contribution in [3.8, 4) is 0 Å². The third-order valence-corrected chi connectivity index (χ3v) is 6.67. The van der Waals surface area contributed by atoms with Crippen molar-refractivity contribution in [3.05, 3.63) is 44.2 Å². The predicted octanol–water partition coefficient (Wildman–Crippen LogP) is 2.71. The Balaban J connectivity index is 0.000000337. The number of allylic oxidation sites excluding steroid dienone is 8. The Morgan fingerprint density at radius 2 is 1.53 bits per heavy atom. The van der Waals surface area contributed by atoms with Crippen LogP contribution in [0.15, 0.2) is 44.2 Å². The van der Waals surface area contributed by atoms with E-state index in [0.717, 1.165) is 0 Å². The molecule has 0 radical (unpaired) electrons. The van der Waals surface area contributed by atoms with Gasteiger partial charge in [0.15, 0.2) is 0 Å². The second-order valence-corrected chi connectivity index (χ2v) is 7.52. The van der Waals surface area contributed by atoms with E-state index < -0.39 is 17.9 Å². The van der Waals surface area contributed by atoms with Gasteiger partial charge in [-0.2, -0.15) is 0 Å². The fourth-order valence-corrected chi connectivity index (χ4v) is 4.71. The standard InChI is InChI=1S/2C5H5.C2H5O.CH3.Ti/c2*1-2-4-5-3-1;1-2-3;;/h2*1-3H,4H2;2H2,1H3;1H3;/q;;-1;;+1. The van der Waals surface area contributed by atoms with Crippen molar-refractivity contribution in [2.24, 2.45) is 0 Å². The van der Waals surface area contributed by atoms with Crippen molar-refractivity contribution >= 4 is 0 Å². The number of hydrogen-bond acceptors (Lipinski definition) is 1. The van der Waals surface area contributed by atoms with Gasteiger partial charge in [-0.05, 0) is 0 Å². The number of hydrogen-bond donors (Lipinski definition) is 0. The van der Waals surface area contributed by atoms with Crippen LogP contribution in [0.4, 0.5) is 0 Å². The van der Waals surface area contributed by atoms with E-state index in [0.29, 0.717) is 0 Å². The van der Waals surface area contributed by atoms with Crippen LogP contribution in [0, 0.1) is 0 Å². The normalized spacial score (nSPS) is 17.0. The van der Waals surface area contributed by atoms with Crippen LogP contribution in [-0.4, -0.2) is 6.61 Å². The molecule has 2 aliphatic carbocycles. The summed E-state index contributed by atoms with van der Waals surface area (Å²) in [6.45, 7) is 1.57. The fraction of sp³-hybridized carbons (Fsp3) is 0.385. The summed E-state index contributed by atoms with van der Waals surface area (Å²) < 4.78 is 3.45. The minimum atomic E-state index is -0.981. The molecule has 80 valence electrons. The predicted molar refractivity (Wildman–Crippen MR) is 60.1 cm³/mol. The fourth-order valence-electron chi connectivity index (χ4n) is 1.66. The van der Waals surface area contributed by atoms with E-state index in [2.05, 4.69) is 41.7 Å². The SMILES string of the molecule is CC[O-].[CH3][Ti+]([C]1=CC=CC1)[C]1=CC=CC1. The maximum absolute atomic E-state index is 8.93. The Hall–Kier alpha value is -0.366. The Morgan fingerprint density at radius 3 is 1.80 bits per heavy atom. The Morgan fingerprint density at radius 1 is 1.13 bits per heavy atom. The van der Waals surface area contributed by atoms with Crippen molar-refractivity contribution in [2.75, 3.05) is 6.61 Å². The van der Waals surface area contributed by atoms with E-state index in [-0.39, 0.29) is 6.61 Å². The summed E-state index contributed by atoms with van der Waals surface area (Å²) in [7, 11) is 0. The van der Waals surface area contributed by atoms with Gasteiger partial charge in [0.25, 0.3) is 0 Å². The first-order chi connectivity index (χ1) is 7.29. The van der Waals surface area contributed by atoms with E-state index in [9.17, 15) is 0 Å².